The minimum atomic E-state index is -0.0529. The average Bonchev–Trinajstić information content (AvgIpc) is 3.11. The molecule has 3 aromatic carbocycles. The topological polar surface area (TPSA) is 0 Å². The molecule has 3 aliphatic carbocycles. The molecule has 0 bridgehead atoms. The van der Waals surface area contributed by atoms with E-state index in [1.807, 2.05) is 0 Å². The predicted octanol–water partition coefficient (Wildman–Crippen LogP) is 7.88. The zero-order valence-corrected chi connectivity index (χ0v) is 17.4. The van der Waals surface area contributed by atoms with Crippen LogP contribution in [0.4, 0.5) is 0 Å². The van der Waals surface area contributed by atoms with Gasteiger partial charge in [-0.25, -0.2) is 0 Å². The van der Waals surface area contributed by atoms with Gasteiger partial charge in [0.15, 0.2) is 0 Å². The Morgan fingerprint density at radius 2 is 1.43 bits per heavy atom. The van der Waals surface area contributed by atoms with Gasteiger partial charge in [0.25, 0.3) is 0 Å². The fraction of sp³-hybridized carbons (Fsp3) is 0.333. The third-order valence-corrected chi connectivity index (χ3v) is 8.02. The highest BCUT2D eigenvalue weighted by Crippen LogP contribution is 2.63. The van der Waals surface area contributed by atoms with Crippen molar-refractivity contribution in [3.63, 3.8) is 0 Å². The maximum atomic E-state index is 6.76. The van der Waals surface area contributed by atoms with Crippen LogP contribution in [0.2, 0.25) is 5.02 Å². The molecule has 140 valence electrons. The molecule has 0 heterocycles. The van der Waals surface area contributed by atoms with Gasteiger partial charge in [0, 0.05) is 15.9 Å². The van der Waals surface area contributed by atoms with E-state index in [0.717, 1.165) is 5.02 Å². The SMILES string of the molecule is CC1(C)c2ccc3c(c2-c2cccc(Cl)c21)C1(CCCCC1)c1ccccc1-3. The number of hydrogen-bond donors (Lipinski definition) is 0. The molecule has 0 amide bonds. The molecule has 3 aromatic rings. The predicted molar refractivity (Wildman–Crippen MR) is 118 cm³/mol. The van der Waals surface area contributed by atoms with Crippen LogP contribution in [0.3, 0.4) is 0 Å². The number of rotatable bonds is 0. The summed E-state index contributed by atoms with van der Waals surface area (Å²) in [6.45, 7) is 4.68. The molecule has 1 fully saturated rings. The highest BCUT2D eigenvalue weighted by atomic mass is 35.5. The molecule has 1 saturated carbocycles. The van der Waals surface area contributed by atoms with E-state index in [1.165, 1.54) is 65.5 Å². The zero-order valence-electron chi connectivity index (χ0n) is 16.6. The summed E-state index contributed by atoms with van der Waals surface area (Å²) in [7, 11) is 0. The largest absolute Gasteiger partial charge is 0.0840 e. The summed E-state index contributed by atoms with van der Waals surface area (Å²) in [5, 5.41) is 0.903. The molecule has 28 heavy (non-hydrogen) atoms. The first-order chi connectivity index (χ1) is 13.6. The molecule has 0 nitrogen and oxygen atoms in total. The van der Waals surface area contributed by atoms with Gasteiger partial charge in [-0.05, 0) is 63.4 Å². The Morgan fingerprint density at radius 3 is 2.25 bits per heavy atom. The average molecular weight is 385 g/mol. The van der Waals surface area contributed by atoms with E-state index in [4.69, 9.17) is 11.6 Å². The summed E-state index contributed by atoms with van der Waals surface area (Å²) in [4.78, 5) is 0. The van der Waals surface area contributed by atoms with Crippen molar-refractivity contribution in [1.82, 2.24) is 0 Å². The summed E-state index contributed by atoms with van der Waals surface area (Å²) < 4.78 is 0. The highest BCUT2D eigenvalue weighted by molar-refractivity contribution is 6.32. The van der Waals surface area contributed by atoms with Crippen LogP contribution in [0.15, 0.2) is 54.6 Å². The van der Waals surface area contributed by atoms with Crippen LogP contribution in [0.5, 0.6) is 0 Å². The fourth-order valence-corrected chi connectivity index (χ4v) is 6.98. The van der Waals surface area contributed by atoms with Crippen LogP contribution in [-0.4, -0.2) is 0 Å². The lowest BCUT2D eigenvalue weighted by Crippen LogP contribution is -2.29. The number of benzene rings is 3. The summed E-state index contributed by atoms with van der Waals surface area (Å²) >= 11 is 6.76. The first kappa shape index (κ1) is 16.9. The lowest BCUT2D eigenvalue weighted by Gasteiger charge is -2.37. The van der Waals surface area contributed by atoms with Gasteiger partial charge in [-0.2, -0.15) is 0 Å². The Balaban J connectivity index is 1.76. The molecular formula is C27H25Cl. The molecule has 1 spiro atoms. The molecule has 0 N–H and O–H groups in total. The van der Waals surface area contributed by atoms with Gasteiger partial charge >= 0.3 is 0 Å². The lowest BCUT2D eigenvalue weighted by atomic mass is 9.66. The van der Waals surface area contributed by atoms with Crippen LogP contribution in [0, 0.1) is 0 Å². The second-order valence-corrected chi connectivity index (χ2v) is 9.79. The van der Waals surface area contributed by atoms with Crippen molar-refractivity contribution in [3.8, 4) is 22.3 Å². The number of hydrogen-bond acceptors (Lipinski definition) is 0. The van der Waals surface area contributed by atoms with Gasteiger partial charge in [-0.3, -0.25) is 0 Å². The summed E-state index contributed by atoms with van der Waals surface area (Å²) in [6.07, 6.45) is 6.54. The Bertz CT molecular complexity index is 1130. The highest BCUT2D eigenvalue weighted by Gasteiger charge is 2.49. The van der Waals surface area contributed by atoms with Crippen molar-refractivity contribution in [2.24, 2.45) is 0 Å². The van der Waals surface area contributed by atoms with Gasteiger partial charge in [0.1, 0.15) is 0 Å². The molecule has 0 unspecified atom stereocenters. The van der Waals surface area contributed by atoms with Crippen molar-refractivity contribution >= 4 is 11.6 Å². The van der Waals surface area contributed by atoms with Gasteiger partial charge in [-0.1, -0.05) is 93.2 Å². The number of fused-ring (bicyclic) bond motifs is 9. The van der Waals surface area contributed by atoms with Crippen LogP contribution >= 0.6 is 11.6 Å². The van der Waals surface area contributed by atoms with Gasteiger partial charge in [0.05, 0.1) is 0 Å². The molecule has 0 radical (unpaired) electrons. The normalized spacial score (nSPS) is 19.8. The van der Waals surface area contributed by atoms with Crippen LogP contribution in [0.25, 0.3) is 22.3 Å². The monoisotopic (exact) mass is 384 g/mol. The maximum Gasteiger partial charge on any atom is 0.0453 e. The third kappa shape index (κ3) is 1.88. The summed E-state index contributed by atoms with van der Waals surface area (Å²) in [6, 6.07) is 20.4. The smallest absolute Gasteiger partial charge is 0.0453 e. The Morgan fingerprint density at radius 1 is 0.679 bits per heavy atom. The van der Waals surface area contributed by atoms with Crippen molar-refractivity contribution in [2.75, 3.05) is 0 Å². The molecular weight excluding hydrogens is 360 g/mol. The molecule has 0 aromatic heterocycles. The number of halogens is 1. The second-order valence-electron chi connectivity index (χ2n) is 9.39. The first-order valence-corrected chi connectivity index (χ1v) is 11.0. The van der Waals surface area contributed by atoms with Crippen LogP contribution < -0.4 is 0 Å². The van der Waals surface area contributed by atoms with Crippen LogP contribution in [-0.2, 0) is 10.8 Å². The van der Waals surface area contributed by atoms with Crippen molar-refractivity contribution in [1.29, 1.82) is 0 Å². The minimum Gasteiger partial charge on any atom is -0.0840 e. The third-order valence-electron chi connectivity index (χ3n) is 7.71. The summed E-state index contributed by atoms with van der Waals surface area (Å²) in [5.41, 5.74) is 11.8. The van der Waals surface area contributed by atoms with Crippen LogP contribution in [0.1, 0.15) is 68.2 Å². The van der Waals surface area contributed by atoms with E-state index < -0.39 is 0 Å². The first-order valence-electron chi connectivity index (χ1n) is 10.6. The Labute approximate surface area is 172 Å². The second kappa shape index (κ2) is 5.51. The van der Waals surface area contributed by atoms with Gasteiger partial charge < -0.3 is 0 Å². The van der Waals surface area contributed by atoms with E-state index in [9.17, 15) is 0 Å². The van der Waals surface area contributed by atoms with Crippen molar-refractivity contribution in [2.45, 2.75) is 56.8 Å². The molecule has 1 heteroatoms. The van der Waals surface area contributed by atoms with Gasteiger partial charge in [-0.15, -0.1) is 0 Å². The fourth-order valence-electron chi connectivity index (χ4n) is 6.57. The Hall–Kier alpha value is -2.05. The zero-order chi connectivity index (χ0) is 19.1. The quantitative estimate of drug-likeness (QED) is 0.369. The van der Waals surface area contributed by atoms with E-state index in [0.29, 0.717) is 0 Å². The molecule has 0 aliphatic heterocycles. The molecule has 6 rings (SSSR count). The molecule has 0 saturated heterocycles. The standard InChI is InChI=1S/C27H25Cl/c1-26(2)21-14-13-18-17-9-4-5-11-20(17)27(15-6-3-7-16-27)25(18)23(21)19-10-8-12-22(28)24(19)26/h4-5,8-14H,3,6-7,15-16H2,1-2H3. The Kier molecular flexibility index (Phi) is 3.32. The summed E-state index contributed by atoms with van der Waals surface area (Å²) in [5.74, 6) is 0. The minimum absolute atomic E-state index is 0.0529. The lowest BCUT2D eigenvalue weighted by molar-refractivity contribution is 0.353. The van der Waals surface area contributed by atoms with Gasteiger partial charge in [0.2, 0.25) is 0 Å². The van der Waals surface area contributed by atoms with Crippen molar-refractivity contribution in [3.05, 3.63) is 81.9 Å². The van der Waals surface area contributed by atoms with E-state index in [2.05, 4.69) is 68.4 Å². The van der Waals surface area contributed by atoms with E-state index >= 15 is 0 Å². The molecule has 3 aliphatic rings. The maximum absolute atomic E-state index is 6.76. The van der Waals surface area contributed by atoms with E-state index in [1.54, 1.807) is 11.1 Å². The molecule has 0 atom stereocenters. The van der Waals surface area contributed by atoms with E-state index in [-0.39, 0.29) is 10.8 Å². The van der Waals surface area contributed by atoms with Crippen molar-refractivity contribution < 1.29 is 0 Å².